The van der Waals surface area contributed by atoms with E-state index in [1.165, 1.54) is 10.9 Å². The van der Waals surface area contributed by atoms with Crippen molar-refractivity contribution in [1.29, 1.82) is 0 Å². The average molecular weight is 323 g/mol. The summed E-state index contributed by atoms with van der Waals surface area (Å²) in [6.45, 7) is 2.03. The third kappa shape index (κ3) is 4.33. The van der Waals surface area contributed by atoms with E-state index in [0.29, 0.717) is 6.42 Å². The molecule has 0 unspecified atom stereocenters. The Morgan fingerprint density at radius 3 is 2.65 bits per heavy atom. The second-order valence-electron chi connectivity index (χ2n) is 5.42. The van der Waals surface area contributed by atoms with Gasteiger partial charge in [-0.3, -0.25) is 4.79 Å². The third-order valence-electron chi connectivity index (χ3n) is 3.55. The van der Waals surface area contributed by atoms with Gasteiger partial charge in [0.15, 0.2) is 0 Å². The van der Waals surface area contributed by atoms with E-state index in [1.807, 2.05) is 43.3 Å². The molecule has 0 atom stereocenters. The molecule has 0 saturated carbocycles. The highest BCUT2D eigenvalue weighted by molar-refractivity contribution is 7.99. The molecule has 1 amide bonds. The molecule has 0 aliphatic rings. The summed E-state index contributed by atoms with van der Waals surface area (Å²) in [4.78, 5) is 15.4. The van der Waals surface area contributed by atoms with E-state index >= 15 is 0 Å². The Labute approximate surface area is 140 Å². The number of fused-ring (bicyclic) bond motifs is 1. The van der Waals surface area contributed by atoms with Crippen LogP contribution in [0.3, 0.4) is 0 Å². The maximum atomic E-state index is 12.0. The van der Waals surface area contributed by atoms with Crippen LogP contribution in [-0.4, -0.2) is 11.7 Å². The van der Waals surface area contributed by atoms with Crippen molar-refractivity contribution in [1.82, 2.24) is 0 Å². The fourth-order valence-electron chi connectivity index (χ4n) is 2.29. The predicted molar refractivity (Wildman–Crippen MR) is 95.7 cm³/mol. The lowest BCUT2D eigenvalue weighted by molar-refractivity contribution is -0.395. The fourth-order valence-corrected chi connectivity index (χ4v) is 3.15. The lowest BCUT2D eigenvalue weighted by Gasteiger charge is -2.04. The van der Waals surface area contributed by atoms with Gasteiger partial charge < -0.3 is 5.32 Å². The van der Waals surface area contributed by atoms with Crippen LogP contribution in [0.1, 0.15) is 12.0 Å². The number of thioether (sulfide) groups is 1. The molecule has 3 aromatic rings. The van der Waals surface area contributed by atoms with Gasteiger partial charge in [0, 0.05) is 35.4 Å². The topological polar surface area (TPSA) is 43.2 Å². The molecule has 23 heavy (non-hydrogen) atoms. The third-order valence-corrected chi connectivity index (χ3v) is 4.51. The van der Waals surface area contributed by atoms with Crippen molar-refractivity contribution in [3.63, 3.8) is 0 Å². The second kappa shape index (κ2) is 7.29. The molecule has 0 radical (unpaired) electrons. The van der Waals surface area contributed by atoms with Crippen LogP contribution in [0.2, 0.25) is 0 Å². The number of hydrogen-bond donors (Lipinski definition) is 1. The summed E-state index contributed by atoms with van der Waals surface area (Å²) in [6, 6.07) is 20.2. The minimum absolute atomic E-state index is 0.0437. The zero-order valence-electron chi connectivity index (χ0n) is 13.0. The van der Waals surface area contributed by atoms with Gasteiger partial charge in [-0.1, -0.05) is 41.6 Å². The van der Waals surface area contributed by atoms with Gasteiger partial charge in [0.1, 0.15) is 0 Å². The highest BCUT2D eigenvalue weighted by Gasteiger charge is 2.08. The number of aromatic amines is 1. The maximum Gasteiger partial charge on any atom is 0.238 e. The number of H-pyrrole nitrogens is 1. The number of carbonyl (C=O) groups excluding carboxylic acids is 1. The molecule has 0 bridgehead atoms. The predicted octanol–water partition coefficient (Wildman–Crippen LogP) is 4.08. The molecular formula is C19H19N2OS+. The number of para-hydroxylation sites is 1. The number of rotatable bonds is 5. The van der Waals surface area contributed by atoms with Crippen molar-refractivity contribution in [2.75, 3.05) is 11.1 Å². The lowest BCUT2D eigenvalue weighted by atomic mass is 10.2. The van der Waals surface area contributed by atoms with Crippen LogP contribution in [0.25, 0.3) is 10.9 Å². The summed E-state index contributed by atoms with van der Waals surface area (Å²) in [7, 11) is 0. The smallest absolute Gasteiger partial charge is 0.238 e. The van der Waals surface area contributed by atoms with Crippen LogP contribution >= 0.6 is 11.8 Å². The van der Waals surface area contributed by atoms with Crippen molar-refractivity contribution in [2.45, 2.75) is 18.4 Å². The van der Waals surface area contributed by atoms with E-state index in [1.54, 1.807) is 11.8 Å². The van der Waals surface area contributed by atoms with Gasteiger partial charge in [-0.15, -0.1) is 0 Å². The Balaban J connectivity index is 1.51. The van der Waals surface area contributed by atoms with E-state index in [2.05, 4.69) is 34.6 Å². The number of nitrogens with one attached hydrogen (secondary N) is 2. The first kappa shape index (κ1) is 15.6. The van der Waals surface area contributed by atoms with E-state index in [0.717, 1.165) is 22.0 Å². The molecule has 1 aromatic heterocycles. The zero-order valence-corrected chi connectivity index (χ0v) is 13.8. The SMILES string of the molecule is Cc1ccc(NC(=O)CCSc2ccc3ccccc3[nH+]2)cc1. The highest BCUT2D eigenvalue weighted by Crippen LogP contribution is 2.17. The van der Waals surface area contributed by atoms with Crippen LogP contribution in [-0.2, 0) is 4.79 Å². The van der Waals surface area contributed by atoms with Crippen LogP contribution in [0.5, 0.6) is 0 Å². The minimum Gasteiger partial charge on any atom is -0.326 e. The molecule has 0 aliphatic carbocycles. The largest absolute Gasteiger partial charge is 0.326 e. The van der Waals surface area contributed by atoms with Crippen LogP contribution in [0.15, 0.2) is 65.7 Å². The first-order chi connectivity index (χ1) is 11.2. The molecule has 116 valence electrons. The van der Waals surface area contributed by atoms with Gasteiger partial charge in [-0.2, -0.15) is 4.98 Å². The van der Waals surface area contributed by atoms with Crippen molar-refractivity contribution in [3.05, 3.63) is 66.2 Å². The van der Waals surface area contributed by atoms with Gasteiger partial charge in [-0.05, 0) is 31.2 Å². The Morgan fingerprint density at radius 1 is 1.04 bits per heavy atom. The average Bonchev–Trinajstić information content (AvgIpc) is 2.57. The van der Waals surface area contributed by atoms with E-state index in [9.17, 15) is 4.79 Å². The van der Waals surface area contributed by atoms with Gasteiger partial charge in [0.05, 0.1) is 0 Å². The Hall–Kier alpha value is -2.33. The Bertz CT molecular complexity index is 815. The Morgan fingerprint density at radius 2 is 1.83 bits per heavy atom. The van der Waals surface area contributed by atoms with Crippen molar-refractivity contribution in [2.24, 2.45) is 0 Å². The zero-order chi connectivity index (χ0) is 16.1. The molecule has 0 spiro atoms. The number of anilines is 1. The van der Waals surface area contributed by atoms with Crippen LogP contribution < -0.4 is 10.3 Å². The highest BCUT2D eigenvalue weighted by atomic mass is 32.2. The second-order valence-corrected chi connectivity index (χ2v) is 6.56. The first-order valence-corrected chi connectivity index (χ1v) is 8.60. The summed E-state index contributed by atoms with van der Waals surface area (Å²) in [5, 5.41) is 5.19. The number of aryl methyl sites for hydroxylation is 1. The molecule has 3 rings (SSSR count). The van der Waals surface area contributed by atoms with Crippen LogP contribution in [0.4, 0.5) is 5.69 Å². The first-order valence-electron chi connectivity index (χ1n) is 7.61. The van der Waals surface area contributed by atoms with Gasteiger partial charge in [0.2, 0.25) is 16.4 Å². The number of amides is 1. The fraction of sp³-hybridized carbons (Fsp3) is 0.158. The van der Waals surface area contributed by atoms with E-state index < -0.39 is 0 Å². The number of pyridine rings is 1. The summed E-state index contributed by atoms with van der Waals surface area (Å²) in [6.07, 6.45) is 0.485. The number of aromatic nitrogens is 1. The normalized spacial score (nSPS) is 10.7. The minimum atomic E-state index is 0.0437. The standard InChI is InChI=1S/C19H18N2OS/c1-14-6-9-16(10-7-14)20-18(22)12-13-23-19-11-8-15-4-2-3-5-17(15)21-19/h2-11H,12-13H2,1H3,(H,20,22)/p+1. The molecule has 4 heteroatoms. The summed E-state index contributed by atoms with van der Waals surface area (Å²) in [5.74, 6) is 0.786. The van der Waals surface area contributed by atoms with Gasteiger partial charge in [0.25, 0.3) is 0 Å². The molecule has 1 heterocycles. The monoisotopic (exact) mass is 323 g/mol. The molecule has 2 aromatic carbocycles. The summed E-state index contributed by atoms with van der Waals surface area (Å²) in [5.41, 5.74) is 3.15. The quantitative estimate of drug-likeness (QED) is 0.719. The summed E-state index contributed by atoms with van der Waals surface area (Å²) >= 11 is 1.66. The summed E-state index contributed by atoms with van der Waals surface area (Å²) < 4.78 is 0. The van der Waals surface area contributed by atoms with E-state index in [-0.39, 0.29) is 5.91 Å². The molecular weight excluding hydrogens is 304 g/mol. The molecule has 0 fully saturated rings. The molecule has 2 N–H and O–H groups in total. The Kier molecular flexibility index (Phi) is 4.93. The van der Waals surface area contributed by atoms with Crippen molar-refractivity contribution >= 4 is 34.3 Å². The maximum absolute atomic E-state index is 12.0. The van der Waals surface area contributed by atoms with Gasteiger partial charge in [-0.25, -0.2) is 0 Å². The van der Waals surface area contributed by atoms with Gasteiger partial charge >= 0.3 is 0 Å². The van der Waals surface area contributed by atoms with Crippen LogP contribution in [0, 0.1) is 6.92 Å². The number of benzene rings is 2. The number of carbonyl (C=O) groups is 1. The van der Waals surface area contributed by atoms with Crippen molar-refractivity contribution < 1.29 is 9.78 Å². The molecule has 3 nitrogen and oxygen atoms in total. The molecule has 0 aliphatic heterocycles. The number of hydrogen-bond acceptors (Lipinski definition) is 2. The van der Waals surface area contributed by atoms with Crippen molar-refractivity contribution in [3.8, 4) is 0 Å². The lowest BCUT2D eigenvalue weighted by Crippen LogP contribution is -2.13. The molecule has 0 saturated heterocycles. The van der Waals surface area contributed by atoms with E-state index in [4.69, 9.17) is 0 Å².